The standard InChI is InChI=1S/C10H12ClNO/c1-7-2-3-8(6-9(7)12)10(13)4-5-11/h2-3,6H,4-5,12H2,1H3. The van der Waals surface area contributed by atoms with E-state index in [1.807, 2.05) is 13.0 Å². The van der Waals surface area contributed by atoms with Gasteiger partial charge < -0.3 is 5.73 Å². The number of aryl methyl sites for hydroxylation is 1. The van der Waals surface area contributed by atoms with Gasteiger partial charge in [0.25, 0.3) is 0 Å². The predicted molar refractivity (Wildman–Crippen MR) is 55.3 cm³/mol. The van der Waals surface area contributed by atoms with Crippen LogP contribution in [0.2, 0.25) is 0 Å². The Balaban J connectivity index is 2.90. The number of rotatable bonds is 3. The molecule has 1 rings (SSSR count). The van der Waals surface area contributed by atoms with Crippen molar-refractivity contribution < 1.29 is 4.79 Å². The predicted octanol–water partition coefficient (Wildman–Crippen LogP) is 2.39. The van der Waals surface area contributed by atoms with E-state index in [1.54, 1.807) is 12.1 Å². The van der Waals surface area contributed by atoms with Crippen molar-refractivity contribution in [1.29, 1.82) is 0 Å². The summed E-state index contributed by atoms with van der Waals surface area (Å²) in [5.74, 6) is 0.397. The van der Waals surface area contributed by atoms with Crippen molar-refractivity contribution in [2.75, 3.05) is 11.6 Å². The lowest BCUT2D eigenvalue weighted by Crippen LogP contribution is -2.01. The molecule has 2 N–H and O–H groups in total. The summed E-state index contributed by atoms with van der Waals surface area (Å²) in [5, 5.41) is 0. The molecule has 0 aliphatic carbocycles. The molecule has 0 saturated heterocycles. The molecule has 0 aromatic heterocycles. The monoisotopic (exact) mass is 197 g/mol. The Morgan fingerprint density at radius 2 is 2.23 bits per heavy atom. The first-order valence-electron chi connectivity index (χ1n) is 4.10. The van der Waals surface area contributed by atoms with E-state index in [4.69, 9.17) is 17.3 Å². The zero-order chi connectivity index (χ0) is 9.84. The maximum atomic E-state index is 11.4. The Labute approximate surface area is 82.7 Å². The third-order valence-corrected chi connectivity index (χ3v) is 2.11. The minimum atomic E-state index is 0.0432. The Bertz CT molecular complexity index is 323. The highest BCUT2D eigenvalue weighted by Gasteiger charge is 2.05. The average molecular weight is 198 g/mol. The highest BCUT2D eigenvalue weighted by atomic mass is 35.5. The molecule has 0 amide bonds. The van der Waals surface area contributed by atoms with Gasteiger partial charge in [-0.3, -0.25) is 4.79 Å². The fraction of sp³-hybridized carbons (Fsp3) is 0.300. The quantitative estimate of drug-likeness (QED) is 0.459. The molecule has 0 fully saturated rings. The van der Waals surface area contributed by atoms with Gasteiger partial charge in [-0.15, -0.1) is 11.6 Å². The summed E-state index contributed by atoms with van der Waals surface area (Å²) >= 11 is 5.47. The zero-order valence-electron chi connectivity index (χ0n) is 7.51. The van der Waals surface area contributed by atoms with Crippen LogP contribution in [-0.4, -0.2) is 11.7 Å². The molecule has 0 unspecified atom stereocenters. The molecule has 0 heterocycles. The van der Waals surface area contributed by atoms with Crippen molar-refractivity contribution in [3.05, 3.63) is 29.3 Å². The molecule has 70 valence electrons. The van der Waals surface area contributed by atoms with Crippen LogP contribution in [0.4, 0.5) is 5.69 Å². The van der Waals surface area contributed by atoms with Crippen LogP contribution in [0.25, 0.3) is 0 Å². The number of hydrogen-bond acceptors (Lipinski definition) is 2. The number of nitrogens with two attached hydrogens (primary N) is 1. The van der Waals surface area contributed by atoms with Crippen LogP contribution in [0.5, 0.6) is 0 Å². The summed E-state index contributed by atoms with van der Waals surface area (Å²) in [6.45, 7) is 1.91. The molecular weight excluding hydrogens is 186 g/mol. The number of carbonyl (C=O) groups excluding carboxylic acids is 1. The van der Waals surface area contributed by atoms with Crippen LogP contribution in [0.1, 0.15) is 22.3 Å². The summed E-state index contributed by atoms with van der Waals surface area (Å²) in [6, 6.07) is 5.32. The van der Waals surface area contributed by atoms with E-state index in [-0.39, 0.29) is 5.78 Å². The van der Waals surface area contributed by atoms with Gasteiger partial charge in [0, 0.05) is 23.6 Å². The first-order valence-corrected chi connectivity index (χ1v) is 4.64. The van der Waals surface area contributed by atoms with Crippen LogP contribution in [0.3, 0.4) is 0 Å². The Kier molecular flexibility index (Phi) is 3.32. The van der Waals surface area contributed by atoms with Gasteiger partial charge in [0.1, 0.15) is 0 Å². The van der Waals surface area contributed by atoms with E-state index >= 15 is 0 Å². The third-order valence-electron chi connectivity index (χ3n) is 1.92. The molecule has 0 bridgehead atoms. The number of ketones is 1. The highest BCUT2D eigenvalue weighted by molar-refractivity contribution is 6.19. The van der Waals surface area contributed by atoms with Gasteiger partial charge in [-0.05, 0) is 18.6 Å². The van der Waals surface area contributed by atoms with Gasteiger partial charge >= 0.3 is 0 Å². The minimum Gasteiger partial charge on any atom is -0.398 e. The first kappa shape index (κ1) is 10.1. The molecule has 0 aliphatic rings. The molecule has 0 spiro atoms. The van der Waals surface area contributed by atoms with E-state index in [9.17, 15) is 4.79 Å². The average Bonchev–Trinajstić information content (AvgIpc) is 2.10. The number of halogens is 1. The fourth-order valence-corrected chi connectivity index (χ4v) is 1.22. The van der Waals surface area contributed by atoms with E-state index in [1.165, 1.54) is 0 Å². The lowest BCUT2D eigenvalue weighted by molar-refractivity contribution is 0.0989. The maximum Gasteiger partial charge on any atom is 0.164 e. The maximum absolute atomic E-state index is 11.4. The topological polar surface area (TPSA) is 43.1 Å². The molecule has 0 atom stereocenters. The summed E-state index contributed by atoms with van der Waals surface area (Å²) in [6.07, 6.45) is 0.365. The Morgan fingerprint density at radius 1 is 1.54 bits per heavy atom. The van der Waals surface area contributed by atoms with Crippen molar-refractivity contribution >= 4 is 23.1 Å². The second kappa shape index (κ2) is 4.28. The highest BCUT2D eigenvalue weighted by Crippen LogP contribution is 2.14. The van der Waals surface area contributed by atoms with Gasteiger partial charge in [-0.25, -0.2) is 0 Å². The molecular formula is C10H12ClNO. The molecule has 0 saturated carbocycles. The lowest BCUT2D eigenvalue weighted by Gasteiger charge is -2.02. The second-order valence-electron chi connectivity index (χ2n) is 2.93. The van der Waals surface area contributed by atoms with E-state index in [0.29, 0.717) is 23.6 Å². The molecule has 1 aromatic rings. The summed E-state index contributed by atoms with van der Waals surface area (Å²) in [5.41, 5.74) is 7.95. The number of benzene rings is 1. The molecule has 3 heteroatoms. The van der Waals surface area contributed by atoms with Crippen molar-refractivity contribution in [3.63, 3.8) is 0 Å². The SMILES string of the molecule is Cc1ccc(C(=O)CCCl)cc1N. The zero-order valence-corrected chi connectivity index (χ0v) is 8.27. The van der Waals surface area contributed by atoms with Crippen molar-refractivity contribution in [2.45, 2.75) is 13.3 Å². The van der Waals surface area contributed by atoms with Crippen LogP contribution in [-0.2, 0) is 0 Å². The van der Waals surface area contributed by atoms with Crippen LogP contribution in [0, 0.1) is 6.92 Å². The Hall–Kier alpha value is -1.02. The van der Waals surface area contributed by atoms with Crippen molar-refractivity contribution in [1.82, 2.24) is 0 Å². The largest absolute Gasteiger partial charge is 0.398 e. The minimum absolute atomic E-state index is 0.0432. The van der Waals surface area contributed by atoms with Gasteiger partial charge in [0.15, 0.2) is 5.78 Å². The van der Waals surface area contributed by atoms with Gasteiger partial charge in [-0.1, -0.05) is 12.1 Å². The normalized spacial score (nSPS) is 10.0. The molecule has 2 nitrogen and oxygen atoms in total. The first-order chi connectivity index (χ1) is 6.15. The third kappa shape index (κ3) is 2.46. The second-order valence-corrected chi connectivity index (χ2v) is 3.31. The molecule has 1 aromatic carbocycles. The van der Waals surface area contributed by atoms with Crippen LogP contribution >= 0.6 is 11.6 Å². The molecule has 0 aliphatic heterocycles. The number of anilines is 1. The fourth-order valence-electron chi connectivity index (χ4n) is 1.04. The Morgan fingerprint density at radius 3 is 2.77 bits per heavy atom. The number of carbonyl (C=O) groups is 1. The van der Waals surface area contributed by atoms with E-state index < -0.39 is 0 Å². The van der Waals surface area contributed by atoms with Gasteiger partial charge in [0.05, 0.1) is 0 Å². The van der Waals surface area contributed by atoms with Gasteiger partial charge in [0.2, 0.25) is 0 Å². The smallest absolute Gasteiger partial charge is 0.164 e. The van der Waals surface area contributed by atoms with Crippen molar-refractivity contribution in [2.24, 2.45) is 0 Å². The molecule has 0 radical (unpaired) electrons. The molecule has 13 heavy (non-hydrogen) atoms. The number of hydrogen-bond donors (Lipinski definition) is 1. The van der Waals surface area contributed by atoms with Crippen LogP contribution < -0.4 is 5.73 Å². The van der Waals surface area contributed by atoms with Crippen molar-refractivity contribution in [3.8, 4) is 0 Å². The van der Waals surface area contributed by atoms with E-state index in [2.05, 4.69) is 0 Å². The van der Waals surface area contributed by atoms with Gasteiger partial charge in [-0.2, -0.15) is 0 Å². The number of alkyl halides is 1. The number of Topliss-reactive ketones (excluding diaryl/α,β-unsaturated/α-hetero) is 1. The summed E-state index contributed by atoms with van der Waals surface area (Å²) in [7, 11) is 0. The van der Waals surface area contributed by atoms with Crippen LogP contribution in [0.15, 0.2) is 18.2 Å². The lowest BCUT2D eigenvalue weighted by atomic mass is 10.1. The number of nitrogen functional groups attached to an aromatic ring is 1. The summed E-state index contributed by atoms with van der Waals surface area (Å²) < 4.78 is 0. The van der Waals surface area contributed by atoms with E-state index in [0.717, 1.165) is 5.56 Å². The summed E-state index contributed by atoms with van der Waals surface area (Å²) in [4.78, 5) is 11.4.